The number of carbonyl (C=O) groups is 1. The molecule has 0 bridgehead atoms. The number of hydrogen-bond donors (Lipinski definition) is 2. The zero-order chi connectivity index (χ0) is 47.1. The molecule has 0 aliphatic rings. The van der Waals surface area contributed by atoms with Crippen LogP contribution in [0.5, 0.6) is 17.2 Å². The number of hydrogen-bond acceptors (Lipinski definition) is 15. The molecule has 65 heavy (non-hydrogen) atoms. The molecular formula is C44H48N8O11S2. The number of sulfone groups is 1. The van der Waals surface area contributed by atoms with Crippen LogP contribution < -0.4 is 25.3 Å². The lowest BCUT2D eigenvalue weighted by Gasteiger charge is -2.26. The van der Waals surface area contributed by atoms with Crippen LogP contribution in [0.3, 0.4) is 0 Å². The maximum atomic E-state index is 15.9. The molecule has 0 saturated heterocycles. The smallest absolute Gasteiger partial charge is 0.407 e. The number of amides is 1. The SMILES string of the molecule is COc1ccc(CN(Cc2ccc(OC)cc2)S(=O)(=O)c2c(S(=O)(=O)CCNC(=O)OC(C)(C)C)ccc(-c3cccc(N)c3[N+](=O)[O-])c2-c2nnn(Cc3ccc(OC)cc3)n2)cc1. The molecule has 0 aliphatic heterocycles. The average molecular weight is 929 g/mol. The Labute approximate surface area is 376 Å². The normalized spacial score (nSPS) is 11.9. The van der Waals surface area contributed by atoms with Crippen molar-refractivity contribution in [3.63, 3.8) is 0 Å². The van der Waals surface area contributed by atoms with Gasteiger partial charge in [0.25, 0.3) is 5.69 Å². The lowest BCUT2D eigenvalue weighted by molar-refractivity contribution is -0.383. The first kappa shape index (κ1) is 47.4. The molecule has 1 amide bonds. The first-order valence-corrected chi connectivity index (χ1v) is 23.0. The number of nitrogens with zero attached hydrogens (tertiary/aromatic N) is 6. The van der Waals surface area contributed by atoms with Gasteiger partial charge in [-0.2, -0.15) is 9.10 Å². The van der Waals surface area contributed by atoms with Gasteiger partial charge in [-0.1, -0.05) is 48.5 Å². The number of aromatic nitrogens is 4. The highest BCUT2D eigenvalue weighted by Crippen LogP contribution is 2.45. The minimum Gasteiger partial charge on any atom is -0.497 e. The number of tetrazole rings is 1. The standard InChI is InChI=1S/C44H48N8O11S2/c1-44(2,3)63-43(53)46-24-25-64(56,57)38-23-22-35(36-8-7-9-37(45)40(36)52(54)55)39(42-47-49-51(48-42)28-31-14-20-34(62-6)21-15-31)41(38)65(58,59)50(26-29-10-16-32(60-4)17-11-29)27-30-12-18-33(61-5)19-13-30/h7-23H,24-28,45H2,1-6H3,(H,46,53). The third-order valence-electron chi connectivity index (χ3n) is 9.83. The first-order chi connectivity index (χ1) is 30.8. The van der Waals surface area contributed by atoms with E-state index in [-0.39, 0.29) is 42.3 Å². The Hall–Kier alpha value is -7.10. The molecule has 19 nitrogen and oxygen atoms in total. The molecule has 0 saturated carbocycles. The molecule has 0 spiro atoms. The maximum absolute atomic E-state index is 15.9. The molecule has 0 atom stereocenters. The Morgan fingerprint density at radius 3 is 1.83 bits per heavy atom. The fourth-order valence-electron chi connectivity index (χ4n) is 6.73. The van der Waals surface area contributed by atoms with E-state index < -0.39 is 69.8 Å². The van der Waals surface area contributed by atoms with E-state index in [1.807, 2.05) is 0 Å². The second kappa shape index (κ2) is 19.7. The summed E-state index contributed by atoms with van der Waals surface area (Å²) in [6.07, 6.45) is -0.895. The fraction of sp³-hybridized carbons (Fsp3) is 0.273. The highest BCUT2D eigenvalue weighted by Gasteiger charge is 2.39. The third-order valence-corrected chi connectivity index (χ3v) is 13.6. The van der Waals surface area contributed by atoms with Gasteiger partial charge in [-0.15, -0.1) is 10.2 Å². The fourth-order valence-corrected chi connectivity index (χ4v) is 10.4. The number of anilines is 1. The van der Waals surface area contributed by atoms with Gasteiger partial charge in [0.15, 0.2) is 9.84 Å². The van der Waals surface area contributed by atoms with E-state index >= 15 is 8.42 Å². The minimum atomic E-state index is -5.07. The summed E-state index contributed by atoms with van der Waals surface area (Å²) in [6, 6.07) is 26.6. The number of nitrogens with two attached hydrogens (primary N) is 1. The molecule has 1 heterocycles. The summed E-state index contributed by atoms with van der Waals surface area (Å²) >= 11 is 0. The molecule has 21 heteroatoms. The van der Waals surface area contributed by atoms with Crippen molar-refractivity contribution in [1.29, 1.82) is 0 Å². The number of para-hydroxylation sites is 1. The molecule has 0 aliphatic carbocycles. The molecule has 6 aromatic rings. The molecule has 6 rings (SSSR count). The number of ether oxygens (including phenoxy) is 4. The summed E-state index contributed by atoms with van der Waals surface area (Å²) < 4.78 is 83.5. The van der Waals surface area contributed by atoms with Gasteiger partial charge in [0.05, 0.1) is 54.6 Å². The van der Waals surface area contributed by atoms with Crippen LogP contribution in [-0.2, 0) is 44.2 Å². The van der Waals surface area contributed by atoms with Gasteiger partial charge < -0.3 is 30.0 Å². The van der Waals surface area contributed by atoms with Crippen LogP contribution in [0, 0.1) is 10.1 Å². The number of nitrogens with one attached hydrogen (secondary N) is 1. The van der Waals surface area contributed by atoms with Crippen molar-refractivity contribution in [3.8, 4) is 39.8 Å². The van der Waals surface area contributed by atoms with Crippen molar-refractivity contribution < 1.29 is 45.5 Å². The van der Waals surface area contributed by atoms with Gasteiger partial charge in [-0.3, -0.25) is 10.1 Å². The van der Waals surface area contributed by atoms with Gasteiger partial charge >= 0.3 is 6.09 Å². The van der Waals surface area contributed by atoms with Crippen molar-refractivity contribution in [1.82, 2.24) is 29.8 Å². The van der Waals surface area contributed by atoms with Gasteiger partial charge in [0.1, 0.15) is 33.4 Å². The lowest BCUT2D eigenvalue weighted by atomic mass is 9.97. The summed E-state index contributed by atoms with van der Waals surface area (Å²) in [7, 11) is -5.26. The van der Waals surface area contributed by atoms with E-state index in [4.69, 9.17) is 24.7 Å². The number of methoxy groups -OCH3 is 3. The number of nitro groups is 1. The topological polar surface area (TPSA) is 250 Å². The predicted molar refractivity (Wildman–Crippen MR) is 241 cm³/mol. The van der Waals surface area contributed by atoms with E-state index in [2.05, 4.69) is 20.7 Å². The number of rotatable bonds is 18. The Bertz CT molecular complexity index is 2840. The highest BCUT2D eigenvalue weighted by atomic mass is 32.2. The number of carbonyl (C=O) groups excluding carboxylic acids is 1. The average Bonchev–Trinajstić information content (AvgIpc) is 3.73. The van der Waals surface area contributed by atoms with Gasteiger partial charge in [0, 0.05) is 25.2 Å². The summed E-state index contributed by atoms with van der Waals surface area (Å²) in [5.41, 5.74) is 5.47. The zero-order valence-corrected chi connectivity index (χ0v) is 38.1. The molecule has 0 radical (unpaired) electrons. The van der Waals surface area contributed by atoms with Crippen LogP contribution in [0.2, 0.25) is 0 Å². The van der Waals surface area contributed by atoms with E-state index in [0.29, 0.717) is 33.9 Å². The summed E-state index contributed by atoms with van der Waals surface area (Å²) in [6.45, 7) is 3.88. The number of nitro benzene ring substituents is 1. The number of sulfonamides is 1. The van der Waals surface area contributed by atoms with E-state index in [9.17, 15) is 23.3 Å². The van der Waals surface area contributed by atoms with E-state index in [1.54, 1.807) is 93.6 Å². The van der Waals surface area contributed by atoms with Gasteiger partial charge in [-0.05, 0) is 97.3 Å². The number of nitrogen functional groups attached to an aromatic ring is 1. The Morgan fingerprint density at radius 1 is 0.785 bits per heavy atom. The summed E-state index contributed by atoms with van der Waals surface area (Å²) in [4.78, 5) is 24.2. The second-order valence-corrected chi connectivity index (χ2v) is 19.5. The monoisotopic (exact) mass is 928 g/mol. The maximum Gasteiger partial charge on any atom is 0.407 e. The van der Waals surface area contributed by atoms with Crippen LogP contribution >= 0.6 is 0 Å². The molecule has 1 aromatic heterocycles. The van der Waals surface area contributed by atoms with Crippen molar-refractivity contribution in [2.45, 2.75) is 55.8 Å². The second-order valence-electron chi connectivity index (χ2n) is 15.5. The number of alkyl carbamates (subject to hydrolysis) is 1. The van der Waals surface area contributed by atoms with Crippen LogP contribution in [0.25, 0.3) is 22.5 Å². The van der Waals surface area contributed by atoms with Crippen molar-refractivity contribution in [2.75, 3.05) is 39.4 Å². The van der Waals surface area contributed by atoms with Crippen molar-refractivity contribution in [3.05, 3.63) is 130 Å². The molecule has 3 N–H and O–H groups in total. The van der Waals surface area contributed by atoms with Crippen LogP contribution in [0.4, 0.5) is 16.2 Å². The molecule has 342 valence electrons. The predicted octanol–water partition coefficient (Wildman–Crippen LogP) is 6.26. The number of benzene rings is 5. The van der Waals surface area contributed by atoms with Crippen LogP contribution in [-0.4, -0.2) is 91.6 Å². The Morgan fingerprint density at radius 2 is 1.32 bits per heavy atom. The summed E-state index contributed by atoms with van der Waals surface area (Å²) in [5, 5.41) is 28.1. The summed E-state index contributed by atoms with van der Waals surface area (Å²) in [5.74, 6) is 0.447. The largest absolute Gasteiger partial charge is 0.497 e. The van der Waals surface area contributed by atoms with Crippen LogP contribution in [0.1, 0.15) is 37.5 Å². The molecule has 5 aromatic carbocycles. The van der Waals surface area contributed by atoms with Crippen LogP contribution in [0.15, 0.2) is 113 Å². The quantitative estimate of drug-likeness (QED) is 0.0548. The van der Waals surface area contributed by atoms with Crippen molar-refractivity contribution >= 4 is 37.3 Å². The van der Waals surface area contributed by atoms with E-state index in [0.717, 1.165) is 10.4 Å². The molecular weight excluding hydrogens is 881 g/mol. The molecule has 0 unspecified atom stereocenters. The Balaban J connectivity index is 1.64. The third kappa shape index (κ3) is 11.4. The first-order valence-electron chi connectivity index (χ1n) is 19.9. The van der Waals surface area contributed by atoms with Gasteiger partial charge in [0.2, 0.25) is 15.8 Å². The highest BCUT2D eigenvalue weighted by molar-refractivity contribution is 7.93. The van der Waals surface area contributed by atoms with Gasteiger partial charge in [-0.25, -0.2) is 21.6 Å². The van der Waals surface area contributed by atoms with Crippen molar-refractivity contribution in [2.24, 2.45) is 0 Å². The minimum absolute atomic E-state index is 0.0300. The zero-order valence-electron chi connectivity index (χ0n) is 36.4. The Kier molecular flexibility index (Phi) is 14.4. The van der Waals surface area contributed by atoms with E-state index in [1.165, 1.54) is 50.4 Å². The molecule has 0 fully saturated rings. The lowest BCUT2D eigenvalue weighted by Crippen LogP contribution is -2.35.